The van der Waals surface area contributed by atoms with Crippen LogP contribution in [0.4, 0.5) is 61.5 Å². The van der Waals surface area contributed by atoms with Crippen molar-refractivity contribution in [1.82, 2.24) is 9.97 Å². The highest BCUT2D eigenvalue weighted by atomic mass is 19.4. The molecule has 0 unspecified atom stereocenters. The number of alkyl halides is 13. The van der Waals surface area contributed by atoms with Gasteiger partial charge in [0, 0.05) is 28.4 Å². The third-order valence-electron chi connectivity index (χ3n) is 15.7. The smallest absolute Gasteiger partial charge is 0.406 e. The van der Waals surface area contributed by atoms with E-state index in [1.165, 1.54) is 71.6 Å². The van der Waals surface area contributed by atoms with Crippen LogP contribution in [0.1, 0.15) is 250 Å². The van der Waals surface area contributed by atoms with Gasteiger partial charge in [0.05, 0.1) is 5.56 Å². The molecule has 0 spiro atoms. The maximum absolute atomic E-state index is 13.1. The van der Waals surface area contributed by atoms with Crippen LogP contribution in [0.5, 0.6) is 11.5 Å². The van der Waals surface area contributed by atoms with E-state index in [4.69, 9.17) is 0 Å². The second kappa shape index (κ2) is 38.2. The predicted octanol–water partition coefficient (Wildman–Crippen LogP) is 28.3. The van der Waals surface area contributed by atoms with Crippen LogP contribution in [0, 0.1) is 33.5 Å². The highest BCUT2D eigenvalue weighted by Crippen LogP contribution is 2.37. The SMILES string of the molecule is CC(C)(C)c1ccc(OC(F)(F)F)cc1.CC(C)(C)c1cccc(C(F)(F)F)n1.CC(C)(C)c1cccc(CF)c1.CC(C)(C)c1cccc(OC(F)(F)F)c1.Cc1ccc(C(C)(C)C)cc1.Cc1ccc(C(C)(C)C)cc1C(F)(F)F.Cc1ccc(C(C)(C)C)cc1F.Cc1ccc(C(C)(C)C)nc1. The van der Waals surface area contributed by atoms with Crippen LogP contribution in [-0.4, -0.2) is 22.7 Å². The summed E-state index contributed by atoms with van der Waals surface area (Å²) in [5.74, 6) is -0.465. The zero-order valence-corrected chi connectivity index (χ0v) is 66.9. The molecule has 0 aliphatic carbocycles. The number of halogens is 14. The Labute approximate surface area is 618 Å². The van der Waals surface area contributed by atoms with Crippen molar-refractivity contribution in [3.05, 3.63) is 260 Å². The molecule has 8 aromatic rings. The fraction of sp³-hybridized carbons (Fsp3) is 0.471. The van der Waals surface area contributed by atoms with E-state index in [0.29, 0.717) is 16.8 Å². The van der Waals surface area contributed by atoms with Crippen molar-refractivity contribution in [3.8, 4) is 11.5 Å². The van der Waals surface area contributed by atoms with Crippen molar-refractivity contribution in [2.45, 2.75) is 269 Å². The summed E-state index contributed by atoms with van der Waals surface area (Å²) in [6.07, 6.45) is -16.0. The van der Waals surface area contributed by atoms with Gasteiger partial charge < -0.3 is 9.47 Å². The summed E-state index contributed by atoms with van der Waals surface area (Å²) in [6.45, 7) is 55.9. The minimum atomic E-state index is -4.63. The van der Waals surface area contributed by atoms with Crippen LogP contribution in [0.3, 0.4) is 0 Å². The second-order valence-electron chi connectivity index (χ2n) is 34.0. The molecule has 6 aromatic carbocycles. The zero-order chi connectivity index (χ0) is 81.7. The molecule has 0 amide bonds. The Bertz CT molecular complexity index is 3780. The number of rotatable bonds is 3. The molecular formula is C87H114F14N2O2. The van der Waals surface area contributed by atoms with Gasteiger partial charge in [-0.3, -0.25) is 4.98 Å². The van der Waals surface area contributed by atoms with E-state index in [-0.39, 0.29) is 72.9 Å². The van der Waals surface area contributed by atoms with Gasteiger partial charge in [0.15, 0.2) is 0 Å². The number of nitrogens with zero attached hydrogens (tertiary/aromatic N) is 2. The van der Waals surface area contributed by atoms with E-state index >= 15 is 0 Å². The number of ether oxygens (including phenoxy) is 2. The minimum absolute atomic E-state index is 0.0362. The second-order valence-corrected chi connectivity index (χ2v) is 34.0. The van der Waals surface area contributed by atoms with Gasteiger partial charge in [-0.25, -0.2) is 13.8 Å². The molecular weight excluding hydrogens is 1370 g/mol. The van der Waals surface area contributed by atoms with Gasteiger partial charge in [0.2, 0.25) is 0 Å². The van der Waals surface area contributed by atoms with Crippen molar-refractivity contribution >= 4 is 0 Å². The molecule has 0 fully saturated rings. The van der Waals surface area contributed by atoms with Crippen LogP contribution < -0.4 is 9.47 Å². The first-order valence-electron chi connectivity index (χ1n) is 34.5. The molecule has 0 aliphatic heterocycles. The fourth-order valence-electron chi connectivity index (χ4n) is 8.87. The lowest BCUT2D eigenvalue weighted by molar-refractivity contribution is -0.275. The molecule has 105 heavy (non-hydrogen) atoms. The molecule has 0 radical (unpaired) electrons. The molecule has 18 heteroatoms. The van der Waals surface area contributed by atoms with Crippen LogP contribution in [0.2, 0.25) is 0 Å². The number of benzene rings is 6. The average Bonchev–Trinajstić information content (AvgIpc) is 0.869. The molecule has 0 saturated heterocycles. The van der Waals surface area contributed by atoms with E-state index < -0.39 is 36.3 Å². The molecule has 2 heterocycles. The minimum Gasteiger partial charge on any atom is -0.406 e. The van der Waals surface area contributed by atoms with E-state index in [2.05, 4.69) is 153 Å². The first-order chi connectivity index (χ1) is 47.1. The van der Waals surface area contributed by atoms with E-state index in [0.717, 1.165) is 34.0 Å². The largest absolute Gasteiger partial charge is 0.573 e. The Morgan fingerprint density at radius 2 is 0.667 bits per heavy atom. The maximum atomic E-state index is 13.1. The summed E-state index contributed by atoms with van der Waals surface area (Å²) < 4.78 is 179. The number of aryl methyl sites for hydroxylation is 4. The van der Waals surface area contributed by atoms with Gasteiger partial charge in [-0.05, 0) is 170 Å². The van der Waals surface area contributed by atoms with Crippen molar-refractivity contribution in [2.24, 2.45) is 0 Å². The molecule has 0 aliphatic rings. The lowest BCUT2D eigenvalue weighted by Crippen LogP contribution is -2.18. The average molecular weight is 1490 g/mol. The normalized spacial score (nSPS) is 12.3. The summed E-state index contributed by atoms with van der Waals surface area (Å²) in [5, 5.41) is 0. The molecule has 582 valence electrons. The highest BCUT2D eigenvalue weighted by molar-refractivity contribution is 5.37. The molecule has 0 N–H and O–H groups in total. The standard InChI is InChI=1S/C12H15F3.2C11H13F3O.2C11H15F.C11H16.C10H12F3N.C10H15N/c1-8-5-6-9(11(2,3)4)7-10(8)12(13,14)15;1-10(2,3)8-4-6-9(7-5-8)15-11(12,13)14;1-10(2,3)8-5-4-6-9(7-8)15-11(12,13)14;1-8-5-6-9(7-10(8)12)11(2,3)4;1-11(2,3)10-6-4-5-9(7-10)8-12;1-9-5-7-10(8-6-9)11(2,3)4;1-9(2,3)7-5-4-6-8(14-7)10(11,12)13;1-8-5-6-9(11-7-8)10(2,3)4/h5-7H,1-4H3;2*4-7H,1-3H3;5-7H,1-4H3;4-7H,8H2,1-3H3;5-8H,1-4H3;4-6H,1-3H3;5-7H,1-4H3. The summed E-state index contributed by atoms with van der Waals surface area (Å²) >= 11 is 0. The third kappa shape index (κ3) is 37.9. The zero-order valence-electron chi connectivity index (χ0n) is 66.9. The molecule has 8 rings (SSSR count). The Balaban J connectivity index is 0.000000602. The van der Waals surface area contributed by atoms with Crippen LogP contribution in [0.15, 0.2) is 170 Å². The van der Waals surface area contributed by atoms with Gasteiger partial charge in [-0.1, -0.05) is 281 Å². The van der Waals surface area contributed by atoms with E-state index in [1.807, 2.05) is 126 Å². The van der Waals surface area contributed by atoms with Gasteiger partial charge in [0.1, 0.15) is 29.7 Å². The van der Waals surface area contributed by atoms with E-state index in [9.17, 15) is 61.5 Å². The molecule has 4 nitrogen and oxygen atoms in total. The Morgan fingerprint density at radius 3 is 1.05 bits per heavy atom. The summed E-state index contributed by atoms with van der Waals surface area (Å²) in [5.41, 5.74) is 10.4. The molecule has 2 aromatic heterocycles. The number of aromatic nitrogens is 2. The summed E-state index contributed by atoms with van der Waals surface area (Å²) in [7, 11) is 0. The van der Waals surface area contributed by atoms with E-state index in [1.54, 1.807) is 49.4 Å². The summed E-state index contributed by atoms with van der Waals surface area (Å²) in [4.78, 5) is 7.94. The summed E-state index contributed by atoms with van der Waals surface area (Å²) in [6, 6.07) is 46.6. The Hall–Kier alpha value is -7.76. The van der Waals surface area contributed by atoms with Crippen LogP contribution in [-0.2, 0) is 62.3 Å². The number of hydrogen-bond acceptors (Lipinski definition) is 4. The predicted molar refractivity (Wildman–Crippen MR) is 404 cm³/mol. The maximum Gasteiger partial charge on any atom is 0.573 e. The lowest BCUT2D eigenvalue weighted by atomic mass is 9.85. The monoisotopic (exact) mass is 1480 g/mol. The van der Waals surface area contributed by atoms with Crippen molar-refractivity contribution < 1.29 is 70.9 Å². The van der Waals surface area contributed by atoms with Gasteiger partial charge in [0.25, 0.3) is 0 Å². The fourth-order valence-corrected chi connectivity index (χ4v) is 8.87. The topological polar surface area (TPSA) is 44.2 Å². The lowest BCUT2D eigenvalue weighted by Gasteiger charge is -2.21. The Morgan fingerprint density at radius 1 is 0.305 bits per heavy atom. The van der Waals surface area contributed by atoms with Crippen molar-refractivity contribution in [1.29, 1.82) is 0 Å². The first kappa shape index (κ1) is 95.3. The first-order valence-corrected chi connectivity index (χ1v) is 34.5. The molecule has 0 atom stereocenters. The third-order valence-corrected chi connectivity index (χ3v) is 15.7. The van der Waals surface area contributed by atoms with Crippen LogP contribution in [0.25, 0.3) is 0 Å². The Kier molecular flexibility index (Phi) is 34.6. The number of hydrogen-bond donors (Lipinski definition) is 0. The van der Waals surface area contributed by atoms with Crippen molar-refractivity contribution in [3.63, 3.8) is 0 Å². The van der Waals surface area contributed by atoms with Gasteiger partial charge in [-0.2, -0.15) is 26.3 Å². The van der Waals surface area contributed by atoms with Gasteiger partial charge >= 0.3 is 25.1 Å². The van der Waals surface area contributed by atoms with Crippen LogP contribution >= 0.6 is 0 Å². The highest BCUT2D eigenvalue weighted by Gasteiger charge is 2.36. The number of pyridine rings is 2. The molecule has 0 bridgehead atoms. The molecule has 0 saturated carbocycles. The van der Waals surface area contributed by atoms with Crippen molar-refractivity contribution in [2.75, 3.05) is 0 Å². The van der Waals surface area contributed by atoms with Gasteiger partial charge in [-0.15, -0.1) is 26.3 Å². The quantitative estimate of drug-likeness (QED) is 0.165.